The SMILES string of the molecule is CC1=C(Nc2ccc(C3CC3)cn2)CC1c1ccc(CN2CC(c3ccc4c(c3)CN(C3CCC(=O)NC3=O)C4=O)C2)cc1. The number of likely N-dealkylation sites (tertiary alicyclic amines) is 1. The van der Waals surface area contributed by atoms with Crippen LogP contribution in [-0.4, -0.2) is 51.6 Å². The molecule has 2 atom stereocenters. The lowest BCUT2D eigenvalue weighted by Crippen LogP contribution is -2.52. The predicted molar refractivity (Wildman–Crippen MR) is 167 cm³/mol. The van der Waals surface area contributed by atoms with Crippen molar-refractivity contribution >= 4 is 23.5 Å². The third-order valence-corrected chi connectivity index (χ3v) is 10.3. The lowest BCUT2D eigenvalue weighted by Gasteiger charge is -2.40. The lowest BCUT2D eigenvalue weighted by atomic mass is 9.77. The van der Waals surface area contributed by atoms with Gasteiger partial charge in [0.2, 0.25) is 11.8 Å². The van der Waals surface area contributed by atoms with Gasteiger partial charge in [-0.2, -0.15) is 0 Å². The molecule has 5 aliphatic rings. The van der Waals surface area contributed by atoms with Crippen molar-refractivity contribution in [2.75, 3.05) is 18.4 Å². The Balaban J connectivity index is 0.837. The van der Waals surface area contributed by atoms with Gasteiger partial charge in [-0.25, -0.2) is 4.98 Å². The van der Waals surface area contributed by atoms with Crippen molar-refractivity contribution in [3.63, 3.8) is 0 Å². The normalized spacial score (nSPS) is 23.8. The first-order valence-corrected chi connectivity index (χ1v) is 15.9. The molecule has 2 N–H and O–H groups in total. The van der Waals surface area contributed by atoms with Gasteiger partial charge >= 0.3 is 0 Å². The number of rotatable bonds is 8. The zero-order valence-electron chi connectivity index (χ0n) is 25.0. The molecule has 8 rings (SSSR count). The van der Waals surface area contributed by atoms with E-state index in [1.54, 1.807) is 4.90 Å². The van der Waals surface area contributed by atoms with Crippen LogP contribution in [0.1, 0.15) is 95.0 Å². The van der Waals surface area contributed by atoms with Crippen molar-refractivity contribution in [1.82, 2.24) is 20.1 Å². The van der Waals surface area contributed by atoms with E-state index in [0.717, 1.165) is 43.4 Å². The summed E-state index contributed by atoms with van der Waals surface area (Å²) in [7, 11) is 0. The third-order valence-electron chi connectivity index (χ3n) is 10.3. The molecule has 2 unspecified atom stereocenters. The second-order valence-corrected chi connectivity index (χ2v) is 13.2. The molecule has 3 fully saturated rings. The largest absolute Gasteiger partial charge is 0.344 e. The van der Waals surface area contributed by atoms with Crippen LogP contribution >= 0.6 is 0 Å². The number of nitrogens with one attached hydrogen (secondary N) is 2. The van der Waals surface area contributed by atoms with Crippen molar-refractivity contribution in [2.24, 2.45) is 0 Å². The Hall–Kier alpha value is -4.30. The minimum absolute atomic E-state index is 0.116. The molecule has 0 spiro atoms. The first-order valence-electron chi connectivity index (χ1n) is 15.9. The number of benzene rings is 2. The van der Waals surface area contributed by atoms with Crippen molar-refractivity contribution in [3.8, 4) is 0 Å². The van der Waals surface area contributed by atoms with Crippen LogP contribution in [-0.2, 0) is 22.7 Å². The number of hydrogen-bond donors (Lipinski definition) is 2. The first kappa shape index (κ1) is 27.3. The summed E-state index contributed by atoms with van der Waals surface area (Å²) in [5.41, 5.74) is 9.65. The van der Waals surface area contributed by atoms with E-state index in [1.807, 2.05) is 12.3 Å². The van der Waals surface area contributed by atoms with Gasteiger partial charge in [-0.05, 0) is 84.0 Å². The van der Waals surface area contributed by atoms with Crippen LogP contribution in [0.25, 0.3) is 0 Å². The molecule has 3 amide bonds. The second kappa shape index (κ2) is 10.7. The van der Waals surface area contributed by atoms with E-state index in [-0.39, 0.29) is 24.1 Å². The molecule has 1 aromatic heterocycles. The maximum absolute atomic E-state index is 13.0. The average molecular weight is 588 g/mol. The van der Waals surface area contributed by atoms with Crippen LogP contribution in [0.5, 0.6) is 0 Å². The Morgan fingerprint density at radius 1 is 0.909 bits per heavy atom. The fraction of sp³-hybridized carbons (Fsp3) is 0.389. The van der Waals surface area contributed by atoms with Crippen LogP contribution in [0, 0.1) is 0 Å². The van der Waals surface area contributed by atoms with Crippen molar-refractivity contribution < 1.29 is 14.4 Å². The maximum atomic E-state index is 13.0. The Kier molecular flexibility index (Phi) is 6.63. The highest BCUT2D eigenvalue weighted by Gasteiger charge is 2.40. The number of piperidine rings is 1. The summed E-state index contributed by atoms with van der Waals surface area (Å²) in [4.78, 5) is 45.6. The van der Waals surface area contributed by atoms with Gasteiger partial charge in [0.25, 0.3) is 5.91 Å². The highest BCUT2D eigenvalue weighted by molar-refractivity contribution is 6.05. The lowest BCUT2D eigenvalue weighted by molar-refractivity contribution is -0.136. The van der Waals surface area contributed by atoms with E-state index in [0.29, 0.717) is 30.4 Å². The van der Waals surface area contributed by atoms with Gasteiger partial charge < -0.3 is 10.2 Å². The third kappa shape index (κ3) is 5.01. The minimum atomic E-state index is -0.573. The molecule has 0 radical (unpaired) electrons. The number of carbonyl (C=O) groups excluding carboxylic acids is 3. The molecule has 3 aromatic rings. The zero-order chi connectivity index (χ0) is 29.9. The summed E-state index contributed by atoms with van der Waals surface area (Å²) < 4.78 is 0. The van der Waals surface area contributed by atoms with E-state index < -0.39 is 6.04 Å². The van der Waals surface area contributed by atoms with E-state index in [9.17, 15) is 14.4 Å². The van der Waals surface area contributed by atoms with Crippen LogP contribution in [0.15, 0.2) is 72.1 Å². The predicted octanol–water partition coefficient (Wildman–Crippen LogP) is 5.19. The van der Waals surface area contributed by atoms with Crippen molar-refractivity contribution in [1.29, 1.82) is 0 Å². The molecule has 4 heterocycles. The number of imide groups is 1. The van der Waals surface area contributed by atoms with Gasteiger partial charge in [0.05, 0.1) is 0 Å². The topological polar surface area (TPSA) is 94.6 Å². The Labute approximate surface area is 257 Å². The standard InChI is InChI=1S/C36H37N5O3/c1-21-30(15-31(21)38-33-12-9-26(16-37-33)23-6-7-23)24-4-2-22(3-5-24)17-40-18-28(19-40)25-8-10-29-27(14-25)20-41(36(29)44)32-11-13-34(42)39-35(32)43/h2-5,8-10,12,14,16,23,28,30,32H,6-7,11,13,15,17-20H2,1H3,(H,37,38)(H,39,42,43). The van der Waals surface area contributed by atoms with Crippen LogP contribution in [0.2, 0.25) is 0 Å². The molecule has 44 heavy (non-hydrogen) atoms. The molecule has 8 heteroatoms. The summed E-state index contributed by atoms with van der Waals surface area (Å²) in [6.07, 6.45) is 6.30. The average Bonchev–Trinajstić information content (AvgIpc) is 3.81. The first-order chi connectivity index (χ1) is 21.4. The Bertz CT molecular complexity index is 1690. The number of amides is 3. The fourth-order valence-corrected chi connectivity index (χ4v) is 7.28. The number of fused-ring (bicyclic) bond motifs is 1. The number of hydrogen-bond acceptors (Lipinski definition) is 6. The molecule has 3 aliphatic heterocycles. The number of aromatic nitrogens is 1. The van der Waals surface area contributed by atoms with E-state index >= 15 is 0 Å². The van der Waals surface area contributed by atoms with E-state index in [4.69, 9.17) is 0 Å². The molecular formula is C36H37N5O3. The molecule has 2 saturated heterocycles. The van der Waals surface area contributed by atoms with Gasteiger partial charge in [0.15, 0.2) is 0 Å². The molecule has 1 saturated carbocycles. The van der Waals surface area contributed by atoms with Crippen molar-refractivity contribution in [3.05, 3.63) is 105 Å². The van der Waals surface area contributed by atoms with Gasteiger partial charge in [0, 0.05) is 61.9 Å². The summed E-state index contributed by atoms with van der Waals surface area (Å²) in [6.45, 7) is 5.55. The number of anilines is 1. The van der Waals surface area contributed by atoms with Crippen molar-refractivity contribution in [2.45, 2.75) is 75.9 Å². The quantitative estimate of drug-likeness (QED) is 0.352. The Morgan fingerprint density at radius 3 is 2.39 bits per heavy atom. The van der Waals surface area contributed by atoms with Gasteiger partial charge in [-0.15, -0.1) is 0 Å². The number of carbonyl (C=O) groups is 3. The number of allylic oxidation sites excluding steroid dienone is 2. The van der Waals surface area contributed by atoms with Crippen LogP contribution in [0.3, 0.4) is 0 Å². The summed E-state index contributed by atoms with van der Waals surface area (Å²) in [5, 5.41) is 5.91. The second-order valence-electron chi connectivity index (χ2n) is 13.2. The number of pyridine rings is 1. The Morgan fingerprint density at radius 2 is 1.68 bits per heavy atom. The van der Waals surface area contributed by atoms with Gasteiger partial charge in [0.1, 0.15) is 11.9 Å². The van der Waals surface area contributed by atoms with Gasteiger partial charge in [-0.3, -0.25) is 24.6 Å². The van der Waals surface area contributed by atoms with Crippen LogP contribution in [0.4, 0.5) is 5.82 Å². The summed E-state index contributed by atoms with van der Waals surface area (Å²) >= 11 is 0. The summed E-state index contributed by atoms with van der Waals surface area (Å²) in [6, 6.07) is 19.0. The molecule has 8 nitrogen and oxygen atoms in total. The van der Waals surface area contributed by atoms with E-state index in [2.05, 4.69) is 76.0 Å². The molecule has 0 bridgehead atoms. The maximum Gasteiger partial charge on any atom is 0.255 e. The fourth-order valence-electron chi connectivity index (χ4n) is 7.28. The smallest absolute Gasteiger partial charge is 0.255 e. The molecule has 2 aliphatic carbocycles. The molecule has 224 valence electrons. The highest BCUT2D eigenvalue weighted by Crippen LogP contribution is 2.43. The van der Waals surface area contributed by atoms with Crippen LogP contribution < -0.4 is 10.6 Å². The summed E-state index contributed by atoms with van der Waals surface area (Å²) in [5.74, 6) is 1.82. The zero-order valence-corrected chi connectivity index (χ0v) is 25.0. The number of nitrogens with zero attached hydrogens (tertiary/aromatic N) is 3. The minimum Gasteiger partial charge on any atom is -0.344 e. The molecule has 2 aromatic carbocycles. The monoisotopic (exact) mass is 587 g/mol. The highest BCUT2D eigenvalue weighted by atomic mass is 16.2. The van der Waals surface area contributed by atoms with E-state index in [1.165, 1.54) is 46.4 Å². The van der Waals surface area contributed by atoms with Gasteiger partial charge in [-0.1, -0.05) is 42.5 Å². The molecular weight excluding hydrogens is 550 g/mol.